The summed E-state index contributed by atoms with van der Waals surface area (Å²) in [7, 11) is 3.43. The van der Waals surface area contributed by atoms with Gasteiger partial charge in [0.2, 0.25) is 0 Å². The summed E-state index contributed by atoms with van der Waals surface area (Å²) in [6, 6.07) is 17.3. The smallest absolute Gasteiger partial charge is 0.277 e. The van der Waals surface area contributed by atoms with Crippen LogP contribution in [0.3, 0.4) is 0 Å². The highest BCUT2D eigenvalue weighted by Crippen LogP contribution is 2.36. The lowest BCUT2D eigenvalue weighted by molar-refractivity contribution is -0.137. The molecule has 0 bridgehead atoms. The molecule has 0 spiro atoms. The van der Waals surface area contributed by atoms with Crippen LogP contribution in [0, 0.1) is 0 Å². The molecule has 0 unspecified atom stereocenters. The first-order valence-corrected chi connectivity index (χ1v) is 9.57. The molecule has 0 aromatic heterocycles. The number of rotatable bonds is 8. The van der Waals surface area contributed by atoms with Crippen LogP contribution >= 0.6 is 0 Å². The first-order chi connectivity index (χ1) is 13.6. The van der Waals surface area contributed by atoms with E-state index in [-0.39, 0.29) is 11.8 Å². The highest BCUT2D eigenvalue weighted by molar-refractivity contribution is 6.36. The maximum atomic E-state index is 13.2. The zero-order valence-corrected chi connectivity index (χ0v) is 16.6. The molecule has 0 N–H and O–H groups in total. The van der Waals surface area contributed by atoms with Gasteiger partial charge in [-0.15, -0.1) is 0 Å². The van der Waals surface area contributed by atoms with E-state index in [1.54, 1.807) is 7.11 Å². The first kappa shape index (κ1) is 19.7. The SMILES string of the molecule is CCCCN1C(=O)C(c2ccccc2OC)=C(N(C)Cc2ccccc2)C1=O. The van der Waals surface area contributed by atoms with Crippen LogP contribution in [-0.2, 0) is 16.1 Å². The van der Waals surface area contributed by atoms with Gasteiger partial charge in [0, 0.05) is 25.7 Å². The van der Waals surface area contributed by atoms with Crippen molar-refractivity contribution < 1.29 is 14.3 Å². The fourth-order valence-electron chi connectivity index (χ4n) is 3.47. The van der Waals surface area contributed by atoms with Crippen molar-refractivity contribution in [2.45, 2.75) is 26.3 Å². The zero-order chi connectivity index (χ0) is 20.1. The van der Waals surface area contributed by atoms with Crippen molar-refractivity contribution in [1.29, 1.82) is 0 Å². The van der Waals surface area contributed by atoms with E-state index in [4.69, 9.17) is 4.74 Å². The van der Waals surface area contributed by atoms with Gasteiger partial charge in [0.25, 0.3) is 11.8 Å². The van der Waals surface area contributed by atoms with Crippen LogP contribution in [0.2, 0.25) is 0 Å². The van der Waals surface area contributed by atoms with E-state index in [0.29, 0.717) is 35.7 Å². The number of unbranched alkanes of at least 4 members (excludes halogenated alkanes) is 1. The number of likely N-dealkylation sites (N-methyl/N-ethyl adjacent to an activating group) is 1. The third kappa shape index (κ3) is 3.79. The number of carbonyl (C=O) groups is 2. The van der Waals surface area contributed by atoms with Gasteiger partial charge < -0.3 is 9.64 Å². The lowest BCUT2D eigenvalue weighted by Crippen LogP contribution is -2.34. The molecule has 1 heterocycles. The predicted octanol–water partition coefficient (Wildman–Crippen LogP) is 3.71. The molecular formula is C23H26N2O3. The standard InChI is InChI=1S/C23H26N2O3/c1-4-5-15-25-22(26)20(18-13-9-10-14-19(18)28-3)21(23(25)27)24(2)16-17-11-7-6-8-12-17/h6-14H,4-5,15-16H2,1-3H3. The quantitative estimate of drug-likeness (QED) is 0.657. The molecule has 0 saturated heterocycles. The molecule has 0 radical (unpaired) electrons. The summed E-state index contributed by atoms with van der Waals surface area (Å²) in [6.45, 7) is 3.01. The lowest BCUT2D eigenvalue weighted by Gasteiger charge is -2.21. The first-order valence-electron chi connectivity index (χ1n) is 9.57. The Labute approximate surface area is 166 Å². The van der Waals surface area contributed by atoms with Gasteiger partial charge in [-0.3, -0.25) is 14.5 Å². The third-order valence-electron chi connectivity index (χ3n) is 4.90. The number of para-hydroxylation sites is 1. The normalized spacial score (nSPS) is 14.0. The van der Waals surface area contributed by atoms with E-state index in [0.717, 1.165) is 18.4 Å². The molecule has 3 rings (SSSR count). The van der Waals surface area contributed by atoms with Gasteiger partial charge in [-0.1, -0.05) is 61.9 Å². The highest BCUT2D eigenvalue weighted by Gasteiger charge is 2.41. The van der Waals surface area contributed by atoms with Crippen molar-refractivity contribution in [2.75, 3.05) is 20.7 Å². The summed E-state index contributed by atoms with van der Waals surface area (Å²) in [5, 5.41) is 0. The number of methoxy groups -OCH3 is 1. The number of amides is 2. The van der Waals surface area contributed by atoms with Crippen molar-refractivity contribution in [1.82, 2.24) is 9.80 Å². The van der Waals surface area contributed by atoms with Crippen molar-refractivity contribution in [3.63, 3.8) is 0 Å². The second-order valence-corrected chi connectivity index (χ2v) is 6.88. The number of hydrogen-bond acceptors (Lipinski definition) is 4. The predicted molar refractivity (Wildman–Crippen MR) is 109 cm³/mol. The molecule has 0 aliphatic carbocycles. The average molecular weight is 378 g/mol. The number of imide groups is 1. The van der Waals surface area contributed by atoms with Gasteiger partial charge in [0.05, 0.1) is 12.7 Å². The molecule has 2 amide bonds. The van der Waals surface area contributed by atoms with Crippen LogP contribution in [0.25, 0.3) is 5.57 Å². The Bertz CT molecular complexity index is 890. The minimum Gasteiger partial charge on any atom is -0.496 e. The van der Waals surface area contributed by atoms with Gasteiger partial charge in [-0.05, 0) is 18.1 Å². The number of hydrogen-bond donors (Lipinski definition) is 0. The van der Waals surface area contributed by atoms with Crippen molar-refractivity contribution in [3.8, 4) is 5.75 Å². The number of ether oxygens (including phenoxy) is 1. The van der Waals surface area contributed by atoms with Crippen LogP contribution in [0.15, 0.2) is 60.3 Å². The fraction of sp³-hybridized carbons (Fsp3) is 0.304. The summed E-state index contributed by atoms with van der Waals surface area (Å²) in [4.78, 5) is 29.7. The topological polar surface area (TPSA) is 49.9 Å². The number of carbonyl (C=O) groups excluding carboxylic acids is 2. The van der Waals surface area contributed by atoms with Gasteiger partial charge >= 0.3 is 0 Å². The Hall–Kier alpha value is -3.08. The third-order valence-corrected chi connectivity index (χ3v) is 4.90. The monoisotopic (exact) mass is 378 g/mol. The molecule has 0 saturated carbocycles. The van der Waals surface area contributed by atoms with E-state index in [9.17, 15) is 9.59 Å². The molecule has 146 valence electrons. The lowest BCUT2D eigenvalue weighted by atomic mass is 10.0. The number of benzene rings is 2. The largest absolute Gasteiger partial charge is 0.496 e. The van der Waals surface area contributed by atoms with Crippen LogP contribution in [0.1, 0.15) is 30.9 Å². The second kappa shape index (κ2) is 8.74. The molecule has 5 nitrogen and oxygen atoms in total. The summed E-state index contributed by atoms with van der Waals surface area (Å²) >= 11 is 0. The molecule has 1 aliphatic rings. The Morgan fingerprint density at radius 1 is 0.964 bits per heavy atom. The highest BCUT2D eigenvalue weighted by atomic mass is 16.5. The minimum atomic E-state index is -0.252. The van der Waals surface area contributed by atoms with E-state index >= 15 is 0 Å². The van der Waals surface area contributed by atoms with Gasteiger partial charge in [0.1, 0.15) is 11.4 Å². The molecule has 0 fully saturated rings. The van der Waals surface area contributed by atoms with Gasteiger partial charge in [0.15, 0.2) is 0 Å². The molecular weight excluding hydrogens is 352 g/mol. The summed E-state index contributed by atoms with van der Waals surface area (Å²) in [5.41, 5.74) is 2.56. The van der Waals surface area contributed by atoms with E-state index < -0.39 is 0 Å². The van der Waals surface area contributed by atoms with Crippen LogP contribution in [0.4, 0.5) is 0 Å². The molecule has 1 aliphatic heterocycles. The Morgan fingerprint density at radius 3 is 2.32 bits per heavy atom. The van der Waals surface area contributed by atoms with Crippen molar-refractivity contribution in [3.05, 3.63) is 71.4 Å². The number of nitrogens with zero attached hydrogens (tertiary/aromatic N) is 2. The Kier molecular flexibility index (Phi) is 6.14. The molecule has 2 aromatic rings. The summed E-state index contributed by atoms with van der Waals surface area (Å²) in [5.74, 6) is 0.0947. The van der Waals surface area contributed by atoms with E-state index in [2.05, 4.69) is 0 Å². The molecule has 28 heavy (non-hydrogen) atoms. The maximum Gasteiger partial charge on any atom is 0.277 e. The molecule has 0 atom stereocenters. The summed E-state index contributed by atoms with van der Waals surface area (Å²) < 4.78 is 5.47. The van der Waals surface area contributed by atoms with Crippen LogP contribution in [0.5, 0.6) is 5.75 Å². The Balaban J connectivity index is 2.06. The minimum absolute atomic E-state index is 0.238. The van der Waals surface area contributed by atoms with Crippen LogP contribution < -0.4 is 4.74 Å². The fourth-order valence-corrected chi connectivity index (χ4v) is 3.47. The van der Waals surface area contributed by atoms with Gasteiger partial charge in [-0.25, -0.2) is 0 Å². The van der Waals surface area contributed by atoms with Crippen LogP contribution in [-0.4, -0.2) is 42.3 Å². The molecule has 5 heteroatoms. The van der Waals surface area contributed by atoms with Crippen molar-refractivity contribution >= 4 is 17.4 Å². The average Bonchev–Trinajstić information content (AvgIpc) is 2.97. The molecule has 2 aromatic carbocycles. The van der Waals surface area contributed by atoms with E-state index in [1.807, 2.05) is 73.5 Å². The maximum absolute atomic E-state index is 13.2. The van der Waals surface area contributed by atoms with E-state index in [1.165, 1.54) is 4.90 Å². The van der Waals surface area contributed by atoms with Crippen molar-refractivity contribution in [2.24, 2.45) is 0 Å². The second-order valence-electron chi connectivity index (χ2n) is 6.88. The van der Waals surface area contributed by atoms with Gasteiger partial charge in [-0.2, -0.15) is 0 Å². The summed E-state index contributed by atoms with van der Waals surface area (Å²) in [6.07, 6.45) is 1.70. The zero-order valence-electron chi connectivity index (χ0n) is 16.6. The Morgan fingerprint density at radius 2 is 1.64 bits per heavy atom.